The van der Waals surface area contributed by atoms with Crippen LogP contribution in [0.4, 0.5) is 0 Å². The summed E-state index contributed by atoms with van der Waals surface area (Å²) in [7, 11) is -3.54. The summed E-state index contributed by atoms with van der Waals surface area (Å²) in [6.45, 7) is 5.67. The van der Waals surface area contributed by atoms with E-state index in [0.717, 1.165) is 12.8 Å². The number of aliphatic hydroxyl groups excluding tert-OH is 1. The van der Waals surface area contributed by atoms with E-state index in [1.165, 1.54) is 12.3 Å². The van der Waals surface area contributed by atoms with Gasteiger partial charge in [0.25, 0.3) is 0 Å². The molecule has 0 aliphatic carbocycles. The maximum Gasteiger partial charge on any atom is 0.242 e. The van der Waals surface area contributed by atoms with Gasteiger partial charge in [-0.1, -0.05) is 13.3 Å². The molecule has 20 heavy (non-hydrogen) atoms. The van der Waals surface area contributed by atoms with Crippen LogP contribution in [0.2, 0.25) is 0 Å². The van der Waals surface area contributed by atoms with Gasteiger partial charge >= 0.3 is 0 Å². The molecule has 1 aromatic rings. The molecule has 0 aliphatic heterocycles. The van der Waals surface area contributed by atoms with Gasteiger partial charge in [-0.05, 0) is 19.4 Å². The molecule has 0 aromatic carbocycles. The Hall–Kier alpha value is -0.890. The Morgan fingerprint density at radius 3 is 2.65 bits per heavy atom. The summed E-state index contributed by atoms with van der Waals surface area (Å²) in [5.41, 5.74) is 0.590. The van der Waals surface area contributed by atoms with Crippen molar-refractivity contribution in [2.75, 3.05) is 19.8 Å². The predicted octanol–water partition coefficient (Wildman–Crippen LogP) is 1.10. The van der Waals surface area contributed by atoms with Crippen LogP contribution in [-0.4, -0.2) is 37.8 Å². The summed E-state index contributed by atoms with van der Waals surface area (Å²) in [6.07, 6.45) is 3.57. The summed E-state index contributed by atoms with van der Waals surface area (Å²) >= 11 is 0. The number of aryl methyl sites for hydroxylation is 1. The predicted molar refractivity (Wildman–Crippen MR) is 76.9 cm³/mol. The van der Waals surface area contributed by atoms with Crippen LogP contribution in [0.25, 0.3) is 0 Å². The normalized spacial score (nSPS) is 11.9. The number of hydrogen-bond acceptors (Lipinski definition) is 4. The number of ether oxygens (including phenoxy) is 1. The van der Waals surface area contributed by atoms with Crippen LogP contribution in [0.1, 0.15) is 32.4 Å². The molecule has 7 heteroatoms. The zero-order valence-electron chi connectivity index (χ0n) is 12.1. The largest absolute Gasteiger partial charge is 0.390 e. The maximum absolute atomic E-state index is 12.1. The Bertz CT molecular complexity index is 475. The molecule has 1 heterocycles. The minimum Gasteiger partial charge on any atom is -0.390 e. The molecule has 0 amide bonds. The van der Waals surface area contributed by atoms with Crippen LogP contribution < -0.4 is 4.72 Å². The quantitative estimate of drug-likeness (QED) is 0.634. The second kappa shape index (κ2) is 8.41. The first-order valence-electron chi connectivity index (χ1n) is 6.92. The first-order chi connectivity index (χ1) is 9.55. The van der Waals surface area contributed by atoms with Gasteiger partial charge in [-0.15, -0.1) is 0 Å². The smallest absolute Gasteiger partial charge is 0.242 e. The fourth-order valence-electron chi connectivity index (χ4n) is 1.78. The van der Waals surface area contributed by atoms with Gasteiger partial charge in [0.2, 0.25) is 10.0 Å². The van der Waals surface area contributed by atoms with Crippen molar-refractivity contribution in [1.82, 2.24) is 9.29 Å². The fraction of sp³-hybridized carbons (Fsp3) is 0.692. The molecule has 0 bridgehead atoms. The van der Waals surface area contributed by atoms with Gasteiger partial charge in [0.05, 0.1) is 18.1 Å². The summed E-state index contributed by atoms with van der Waals surface area (Å²) in [4.78, 5) is 0.178. The van der Waals surface area contributed by atoms with Crippen LogP contribution >= 0.6 is 0 Å². The molecule has 1 rings (SSSR count). The van der Waals surface area contributed by atoms with Crippen molar-refractivity contribution in [2.45, 2.75) is 44.7 Å². The second-order valence-corrected chi connectivity index (χ2v) is 6.24. The first-order valence-corrected chi connectivity index (χ1v) is 8.40. The van der Waals surface area contributed by atoms with Gasteiger partial charge in [-0.3, -0.25) is 0 Å². The molecule has 1 aromatic heterocycles. The SMILES string of the molecule is CCCCOCCNS(=O)(=O)c1cc(CO)n(CC)c1. The lowest BCUT2D eigenvalue weighted by Gasteiger charge is -2.05. The number of aromatic nitrogens is 1. The van der Waals surface area contributed by atoms with E-state index in [1.807, 2.05) is 6.92 Å². The van der Waals surface area contributed by atoms with Crippen LogP contribution in [0, 0.1) is 0 Å². The lowest BCUT2D eigenvalue weighted by molar-refractivity contribution is 0.136. The highest BCUT2D eigenvalue weighted by molar-refractivity contribution is 7.89. The number of aliphatic hydroxyl groups is 1. The third-order valence-electron chi connectivity index (χ3n) is 2.95. The van der Waals surface area contributed by atoms with Gasteiger partial charge < -0.3 is 14.4 Å². The van der Waals surface area contributed by atoms with E-state index in [1.54, 1.807) is 4.57 Å². The average molecular weight is 304 g/mol. The van der Waals surface area contributed by atoms with Crippen LogP contribution in [0.3, 0.4) is 0 Å². The Labute approximate surface area is 120 Å². The highest BCUT2D eigenvalue weighted by Gasteiger charge is 2.17. The van der Waals surface area contributed by atoms with Crippen molar-refractivity contribution in [3.05, 3.63) is 18.0 Å². The number of nitrogens with one attached hydrogen (secondary N) is 1. The Balaban J connectivity index is 2.54. The van der Waals surface area contributed by atoms with Crippen molar-refractivity contribution < 1.29 is 18.3 Å². The van der Waals surface area contributed by atoms with E-state index in [2.05, 4.69) is 11.6 Å². The summed E-state index contributed by atoms with van der Waals surface area (Å²) < 4.78 is 33.6. The van der Waals surface area contributed by atoms with E-state index in [9.17, 15) is 8.42 Å². The van der Waals surface area contributed by atoms with Gasteiger partial charge in [0, 0.05) is 31.6 Å². The first kappa shape index (κ1) is 17.2. The minimum atomic E-state index is -3.54. The van der Waals surface area contributed by atoms with Gasteiger partial charge in [-0.2, -0.15) is 0 Å². The van der Waals surface area contributed by atoms with Crippen molar-refractivity contribution in [3.63, 3.8) is 0 Å². The molecular weight excluding hydrogens is 280 g/mol. The van der Waals surface area contributed by atoms with E-state index in [-0.39, 0.29) is 18.0 Å². The summed E-state index contributed by atoms with van der Waals surface area (Å²) in [6, 6.07) is 1.49. The molecule has 116 valence electrons. The molecule has 6 nitrogen and oxygen atoms in total. The number of rotatable bonds is 10. The lowest BCUT2D eigenvalue weighted by atomic mass is 10.4. The summed E-state index contributed by atoms with van der Waals surface area (Å²) in [5.74, 6) is 0. The zero-order chi connectivity index (χ0) is 15.0. The van der Waals surface area contributed by atoms with E-state index in [4.69, 9.17) is 9.84 Å². The molecule has 0 spiro atoms. The number of sulfonamides is 1. The molecule has 0 saturated heterocycles. The maximum atomic E-state index is 12.1. The Morgan fingerprint density at radius 1 is 1.35 bits per heavy atom. The van der Waals surface area contributed by atoms with Gasteiger partial charge in [-0.25, -0.2) is 13.1 Å². The van der Waals surface area contributed by atoms with Gasteiger partial charge in [0.15, 0.2) is 0 Å². The van der Waals surface area contributed by atoms with Crippen LogP contribution in [0.5, 0.6) is 0 Å². The van der Waals surface area contributed by atoms with Crippen LogP contribution in [-0.2, 0) is 27.9 Å². The zero-order valence-corrected chi connectivity index (χ0v) is 12.9. The summed E-state index contributed by atoms with van der Waals surface area (Å²) in [5, 5.41) is 9.17. The molecule has 0 fully saturated rings. The second-order valence-electron chi connectivity index (χ2n) is 4.47. The van der Waals surface area contributed by atoms with E-state index < -0.39 is 10.0 Å². The average Bonchev–Trinajstić information content (AvgIpc) is 2.86. The van der Waals surface area contributed by atoms with E-state index >= 15 is 0 Å². The van der Waals surface area contributed by atoms with Crippen molar-refractivity contribution in [1.29, 1.82) is 0 Å². The Kier molecular flexibility index (Phi) is 7.22. The van der Waals surface area contributed by atoms with Crippen molar-refractivity contribution in [2.24, 2.45) is 0 Å². The molecule has 0 aliphatic rings. The third-order valence-corrected chi connectivity index (χ3v) is 4.38. The molecule has 2 N–H and O–H groups in total. The van der Waals surface area contributed by atoms with Gasteiger partial charge in [0.1, 0.15) is 0 Å². The highest BCUT2D eigenvalue weighted by atomic mass is 32.2. The lowest BCUT2D eigenvalue weighted by Crippen LogP contribution is -2.27. The van der Waals surface area contributed by atoms with Crippen molar-refractivity contribution >= 4 is 10.0 Å². The molecule has 0 saturated carbocycles. The third kappa shape index (κ3) is 4.90. The highest BCUT2D eigenvalue weighted by Crippen LogP contribution is 2.14. The Morgan fingerprint density at radius 2 is 2.10 bits per heavy atom. The minimum absolute atomic E-state index is 0.177. The molecule has 0 unspecified atom stereocenters. The molecule has 0 atom stereocenters. The monoisotopic (exact) mass is 304 g/mol. The molecule has 0 radical (unpaired) electrons. The van der Waals surface area contributed by atoms with E-state index in [0.29, 0.717) is 25.5 Å². The van der Waals surface area contributed by atoms with Crippen molar-refractivity contribution in [3.8, 4) is 0 Å². The fourth-order valence-corrected chi connectivity index (χ4v) is 2.85. The molecular formula is C13H24N2O4S. The number of unbranched alkanes of at least 4 members (excludes halogenated alkanes) is 1. The topological polar surface area (TPSA) is 80.6 Å². The number of nitrogens with zero attached hydrogens (tertiary/aromatic N) is 1. The van der Waals surface area contributed by atoms with Crippen LogP contribution in [0.15, 0.2) is 17.2 Å². The standard InChI is InChI=1S/C13H24N2O4S/c1-3-5-7-19-8-6-14-20(17,18)13-9-12(11-16)15(4-2)10-13/h9-10,14,16H,3-8,11H2,1-2H3. The number of hydrogen-bond donors (Lipinski definition) is 2.